The van der Waals surface area contributed by atoms with Gasteiger partial charge in [-0.05, 0) is 30.7 Å². The van der Waals surface area contributed by atoms with Crippen LogP contribution in [0.2, 0.25) is 0 Å². The number of carbonyl (C=O) groups is 1. The Bertz CT molecular complexity index is 761. The van der Waals surface area contributed by atoms with Crippen LogP contribution in [0.5, 0.6) is 17.2 Å². The molecule has 0 aromatic heterocycles. The normalized spacial score (nSPS) is 10.1. The lowest BCUT2D eigenvalue weighted by molar-refractivity contribution is -0.385. The standard InChI is InChI=1S/C18H20N2O6/c1-3-25-14-6-4-13(5-7-14)11-19-18(21)12-26-15-8-9-16(20(22)23)17(10-15)24-2/h4-10H,3,11-12H2,1-2H3,(H,19,21). The second kappa shape index (κ2) is 9.26. The van der Waals surface area contributed by atoms with Crippen LogP contribution in [-0.2, 0) is 11.3 Å². The SMILES string of the molecule is CCOc1ccc(CNC(=O)COc2ccc([N+](=O)[O-])c(OC)c2)cc1. The molecule has 0 unspecified atom stereocenters. The molecule has 0 saturated heterocycles. The number of nitro groups is 1. The average molecular weight is 360 g/mol. The first kappa shape index (κ1) is 19.0. The highest BCUT2D eigenvalue weighted by atomic mass is 16.6. The zero-order chi connectivity index (χ0) is 18.9. The maximum absolute atomic E-state index is 11.9. The van der Waals surface area contributed by atoms with E-state index in [-0.39, 0.29) is 24.0 Å². The number of nitro benzene ring substituents is 1. The van der Waals surface area contributed by atoms with Gasteiger partial charge >= 0.3 is 5.69 Å². The van der Waals surface area contributed by atoms with E-state index in [1.54, 1.807) is 0 Å². The summed E-state index contributed by atoms with van der Waals surface area (Å²) in [7, 11) is 1.33. The fourth-order valence-corrected chi connectivity index (χ4v) is 2.17. The van der Waals surface area contributed by atoms with Crippen molar-refractivity contribution in [3.05, 3.63) is 58.1 Å². The Labute approximate surface area is 150 Å². The van der Waals surface area contributed by atoms with Crippen molar-refractivity contribution in [2.24, 2.45) is 0 Å². The minimum Gasteiger partial charge on any atom is -0.494 e. The van der Waals surface area contributed by atoms with Crippen LogP contribution in [0.15, 0.2) is 42.5 Å². The Kier molecular flexibility index (Phi) is 6.78. The van der Waals surface area contributed by atoms with E-state index in [0.717, 1.165) is 11.3 Å². The first-order valence-corrected chi connectivity index (χ1v) is 7.97. The first-order valence-electron chi connectivity index (χ1n) is 7.97. The lowest BCUT2D eigenvalue weighted by atomic mass is 10.2. The lowest BCUT2D eigenvalue weighted by Gasteiger charge is -2.09. The van der Waals surface area contributed by atoms with Crippen LogP contribution in [0.4, 0.5) is 5.69 Å². The maximum atomic E-state index is 11.9. The summed E-state index contributed by atoms with van der Waals surface area (Å²) in [6.45, 7) is 2.66. The summed E-state index contributed by atoms with van der Waals surface area (Å²) < 4.78 is 15.7. The Morgan fingerprint density at radius 1 is 1.12 bits per heavy atom. The molecule has 1 N–H and O–H groups in total. The van der Waals surface area contributed by atoms with Crippen LogP contribution in [0.25, 0.3) is 0 Å². The highest BCUT2D eigenvalue weighted by Gasteiger charge is 2.15. The summed E-state index contributed by atoms with van der Waals surface area (Å²) in [5.41, 5.74) is 0.763. The number of methoxy groups -OCH3 is 1. The van der Waals surface area contributed by atoms with Gasteiger partial charge in [-0.1, -0.05) is 12.1 Å². The Hall–Kier alpha value is -3.29. The van der Waals surface area contributed by atoms with Crippen molar-refractivity contribution in [3.8, 4) is 17.2 Å². The number of carbonyl (C=O) groups excluding carboxylic acids is 1. The fourth-order valence-electron chi connectivity index (χ4n) is 2.17. The first-order chi connectivity index (χ1) is 12.5. The number of benzene rings is 2. The van der Waals surface area contributed by atoms with Crippen LogP contribution in [0, 0.1) is 10.1 Å². The molecule has 1 amide bonds. The topological polar surface area (TPSA) is 99.9 Å². The summed E-state index contributed by atoms with van der Waals surface area (Å²) in [6.07, 6.45) is 0. The van der Waals surface area contributed by atoms with Gasteiger partial charge in [-0.3, -0.25) is 14.9 Å². The van der Waals surface area contributed by atoms with Crippen LogP contribution >= 0.6 is 0 Å². The quantitative estimate of drug-likeness (QED) is 0.545. The number of hydrogen-bond acceptors (Lipinski definition) is 6. The number of rotatable bonds is 9. The minimum absolute atomic E-state index is 0.0716. The number of nitrogens with one attached hydrogen (secondary N) is 1. The molecule has 0 aliphatic rings. The van der Waals surface area contributed by atoms with Crippen LogP contribution in [0.1, 0.15) is 12.5 Å². The smallest absolute Gasteiger partial charge is 0.311 e. The molecule has 8 heteroatoms. The number of nitrogens with zero attached hydrogens (tertiary/aromatic N) is 1. The van der Waals surface area contributed by atoms with Gasteiger partial charge in [0, 0.05) is 18.7 Å². The molecule has 0 radical (unpaired) electrons. The van der Waals surface area contributed by atoms with E-state index in [9.17, 15) is 14.9 Å². The molecule has 0 aliphatic carbocycles. The molecule has 0 atom stereocenters. The highest BCUT2D eigenvalue weighted by molar-refractivity contribution is 5.77. The Balaban J connectivity index is 1.84. The molecule has 0 heterocycles. The molecule has 0 fully saturated rings. The van der Waals surface area contributed by atoms with Gasteiger partial charge in [-0.2, -0.15) is 0 Å². The summed E-state index contributed by atoms with van der Waals surface area (Å²) in [5.74, 6) is 0.847. The molecule has 138 valence electrons. The van der Waals surface area contributed by atoms with Crippen molar-refractivity contribution in [2.45, 2.75) is 13.5 Å². The molecule has 8 nitrogen and oxygen atoms in total. The largest absolute Gasteiger partial charge is 0.494 e. The molecule has 2 aromatic carbocycles. The third kappa shape index (κ3) is 5.37. The average Bonchev–Trinajstić information content (AvgIpc) is 2.65. The third-order valence-corrected chi connectivity index (χ3v) is 3.44. The Morgan fingerprint density at radius 2 is 1.81 bits per heavy atom. The Morgan fingerprint density at radius 3 is 2.42 bits per heavy atom. The van der Waals surface area contributed by atoms with E-state index < -0.39 is 4.92 Å². The van der Waals surface area contributed by atoms with Crippen LogP contribution in [0.3, 0.4) is 0 Å². The van der Waals surface area contributed by atoms with Gasteiger partial charge in [0.1, 0.15) is 11.5 Å². The fraction of sp³-hybridized carbons (Fsp3) is 0.278. The van der Waals surface area contributed by atoms with Gasteiger partial charge in [0.05, 0.1) is 18.6 Å². The molecule has 0 spiro atoms. The van der Waals surface area contributed by atoms with Gasteiger partial charge < -0.3 is 19.5 Å². The second-order valence-corrected chi connectivity index (χ2v) is 5.23. The van der Waals surface area contributed by atoms with Crippen LogP contribution in [-0.4, -0.2) is 31.2 Å². The number of amides is 1. The van der Waals surface area contributed by atoms with Crippen molar-refractivity contribution in [3.63, 3.8) is 0 Å². The number of hydrogen-bond donors (Lipinski definition) is 1. The maximum Gasteiger partial charge on any atom is 0.311 e. The van der Waals surface area contributed by atoms with E-state index in [0.29, 0.717) is 18.9 Å². The van der Waals surface area contributed by atoms with Gasteiger partial charge in [-0.25, -0.2) is 0 Å². The molecule has 2 aromatic rings. The molecular formula is C18H20N2O6. The zero-order valence-electron chi connectivity index (χ0n) is 14.6. The summed E-state index contributed by atoms with van der Waals surface area (Å²) in [4.78, 5) is 22.2. The molecular weight excluding hydrogens is 340 g/mol. The predicted octanol–water partition coefficient (Wildman–Crippen LogP) is 2.70. The summed E-state index contributed by atoms with van der Waals surface area (Å²) in [6, 6.07) is 11.5. The van der Waals surface area contributed by atoms with Crippen molar-refractivity contribution < 1.29 is 23.9 Å². The van der Waals surface area contributed by atoms with Gasteiger partial charge in [0.2, 0.25) is 5.75 Å². The predicted molar refractivity (Wildman–Crippen MR) is 94.6 cm³/mol. The summed E-state index contributed by atoms with van der Waals surface area (Å²) >= 11 is 0. The summed E-state index contributed by atoms with van der Waals surface area (Å²) in [5, 5.41) is 13.6. The van der Waals surface area contributed by atoms with E-state index in [1.165, 1.54) is 25.3 Å². The third-order valence-electron chi connectivity index (χ3n) is 3.44. The highest BCUT2D eigenvalue weighted by Crippen LogP contribution is 2.30. The van der Waals surface area contributed by atoms with Crippen LogP contribution < -0.4 is 19.5 Å². The molecule has 0 bridgehead atoms. The molecule has 2 rings (SSSR count). The second-order valence-electron chi connectivity index (χ2n) is 5.23. The minimum atomic E-state index is -0.549. The van der Waals surface area contributed by atoms with E-state index in [4.69, 9.17) is 14.2 Å². The zero-order valence-corrected chi connectivity index (χ0v) is 14.6. The molecule has 0 saturated carbocycles. The van der Waals surface area contributed by atoms with Gasteiger partial charge in [0.15, 0.2) is 6.61 Å². The van der Waals surface area contributed by atoms with E-state index >= 15 is 0 Å². The van der Waals surface area contributed by atoms with Crippen molar-refractivity contribution >= 4 is 11.6 Å². The molecule has 26 heavy (non-hydrogen) atoms. The van der Waals surface area contributed by atoms with Crippen molar-refractivity contribution in [1.82, 2.24) is 5.32 Å². The van der Waals surface area contributed by atoms with Gasteiger partial charge in [-0.15, -0.1) is 0 Å². The van der Waals surface area contributed by atoms with Crippen molar-refractivity contribution in [2.75, 3.05) is 20.3 Å². The van der Waals surface area contributed by atoms with Crippen molar-refractivity contribution in [1.29, 1.82) is 0 Å². The monoisotopic (exact) mass is 360 g/mol. The van der Waals surface area contributed by atoms with Gasteiger partial charge in [0.25, 0.3) is 5.91 Å². The van der Waals surface area contributed by atoms with E-state index in [1.807, 2.05) is 31.2 Å². The molecule has 0 aliphatic heterocycles. The van der Waals surface area contributed by atoms with E-state index in [2.05, 4.69) is 5.32 Å². The lowest BCUT2D eigenvalue weighted by Crippen LogP contribution is -2.28. The number of ether oxygens (including phenoxy) is 3.